The van der Waals surface area contributed by atoms with E-state index in [0.717, 1.165) is 71.4 Å². The minimum Gasteiger partial charge on any atom is -0.390 e. The van der Waals surface area contributed by atoms with Gasteiger partial charge in [-0.1, -0.05) is 0 Å². The van der Waals surface area contributed by atoms with Crippen LogP contribution in [0.25, 0.3) is 0 Å². The van der Waals surface area contributed by atoms with Crippen molar-refractivity contribution in [3.63, 3.8) is 0 Å². The lowest BCUT2D eigenvalue weighted by molar-refractivity contribution is 0.000584. The van der Waals surface area contributed by atoms with E-state index in [0.29, 0.717) is 0 Å². The van der Waals surface area contributed by atoms with Crippen LogP contribution in [0.2, 0.25) is 0 Å². The maximum absolute atomic E-state index is 9.47. The Morgan fingerprint density at radius 1 is 0.500 bits per heavy atom. The van der Waals surface area contributed by atoms with Crippen LogP contribution in [0, 0.1) is 0 Å². The lowest BCUT2D eigenvalue weighted by atomic mass is 9.94. The van der Waals surface area contributed by atoms with Crippen LogP contribution in [-0.2, 0) is 0 Å². The summed E-state index contributed by atoms with van der Waals surface area (Å²) in [6, 6.07) is 0. The predicted octanol–water partition coefficient (Wildman–Crippen LogP) is 0.999. The minimum absolute atomic E-state index is 0.382. The summed E-state index contributed by atoms with van der Waals surface area (Å²) in [6.07, 6.45) is 4.60. The van der Waals surface area contributed by atoms with E-state index in [9.17, 15) is 15.3 Å². The van der Waals surface area contributed by atoms with Crippen molar-refractivity contribution in [3.05, 3.63) is 0 Å². The summed E-state index contributed by atoms with van der Waals surface area (Å²) in [6.45, 7) is 11.7. The Morgan fingerprint density at radius 3 is 0.923 bits per heavy atom. The normalized spacial score (nSPS) is 32.2. The summed E-state index contributed by atoms with van der Waals surface area (Å²) in [4.78, 5) is 6.63. The molecule has 26 heavy (non-hydrogen) atoms. The molecular formula is C20H43N3O3. The van der Waals surface area contributed by atoms with E-state index < -0.39 is 5.60 Å². The second kappa shape index (κ2) is 9.80. The molecule has 3 saturated heterocycles. The van der Waals surface area contributed by atoms with E-state index in [1.165, 1.54) is 0 Å². The van der Waals surface area contributed by atoms with Crippen LogP contribution in [-0.4, -0.2) is 107 Å². The number of aliphatic hydroxyl groups is 3. The van der Waals surface area contributed by atoms with Crippen molar-refractivity contribution in [3.8, 4) is 0 Å². The molecule has 0 aromatic rings. The lowest BCUT2D eigenvalue weighted by Gasteiger charge is -2.33. The van der Waals surface area contributed by atoms with Crippen molar-refractivity contribution in [2.24, 2.45) is 0 Å². The van der Waals surface area contributed by atoms with Gasteiger partial charge in [-0.2, -0.15) is 0 Å². The van der Waals surface area contributed by atoms with E-state index >= 15 is 0 Å². The molecule has 0 spiro atoms. The summed E-state index contributed by atoms with van der Waals surface area (Å²) in [7, 11) is 6.21. The van der Waals surface area contributed by atoms with Gasteiger partial charge in [0.15, 0.2) is 0 Å². The van der Waals surface area contributed by atoms with Gasteiger partial charge in [0, 0.05) is 39.3 Å². The first kappa shape index (κ1) is 23.8. The fourth-order valence-electron chi connectivity index (χ4n) is 3.37. The molecule has 3 fully saturated rings. The van der Waals surface area contributed by atoms with Gasteiger partial charge in [0.05, 0.1) is 16.8 Å². The second-order valence-corrected chi connectivity index (χ2v) is 9.59. The van der Waals surface area contributed by atoms with Crippen molar-refractivity contribution in [1.29, 1.82) is 0 Å². The van der Waals surface area contributed by atoms with Gasteiger partial charge in [-0.25, -0.2) is 0 Å². The molecule has 6 nitrogen and oxygen atoms in total. The van der Waals surface area contributed by atoms with Crippen LogP contribution < -0.4 is 0 Å². The molecule has 1 atom stereocenters. The van der Waals surface area contributed by atoms with E-state index in [1.54, 1.807) is 0 Å². The minimum atomic E-state index is -0.408. The number of hydrogen-bond acceptors (Lipinski definition) is 6. The van der Waals surface area contributed by atoms with Gasteiger partial charge in [0.25, 0.3) is 0 Å². The molecule has 3 aliphatic heterocycles. The largest absolute Gasteiger partial charge is 0.390 e. The molecule has 0 aliphatic carbocycles. The van der Waals surface area contributed by atoms with E-state index in [-0.39, 0.29) is 11.2 Å². The number of likely N-dealkylation sites (N-methyl/N-ethyl adjacent to an activating group) is 1. The Hall–Kier alpha value is -0.240. The molecule has 156 valence electrons. The number of rotatable bonds is 0. The van der Waals surface area contributed by atoms with E-state index in [1.807, 2.05) is 27.8 Å². The first-order valence-electron chi connectivity index (χ1n) is 10.0. The zero-order valence-corrected chi connectivity index (χ0v) is 18.0. The van der Waals surface area contributed by atoms with Crippen LogP contribution >= 0.6 is 0 Å². The molecule has 3 rings (SSSR count). The van der Waals surface area contributed by atoms with Crippen molar-refractivity contribution in [1.82, 2.24) is 14.7 Å². The van der Waals surface area contributed by atoms with Crippen molar-refractivity contribution < 1.29 is 15.3 Å². The van der Waals surface area contributed by atoms with Crippen LogP contribution in [0.3, 0.4) is 0 Å². The Morgan fingerprint density at radius 2 is 0.769 bits per heavy atom. The number of likely N-dealkylation sites (tertiary alicyclic amines) is 3. The maximum atomic E-state index is 9.47. The van der Waals surface area contributed by atoms with Gasteiger partial charge >= 0.3 is 0 Å². The smallest absolute Gasteiger partial charge is 0.0758 e. The lowest BCUT2D eigenvalue weighted by Crippen LogP contribution is -2.40. The van der Waals surface area contributed by atoms with Crippen LogP contribution in [0.4, 0.5) is 0 Å². The standard InChI is InChI=1S/2C7H15NO.C6H13NO/c2*1-7(9)3-5-8(2)6-4-7;1-6(8)3-4-7(2)5-6/h2*9H,3-6H2,1-2H3;8H,3-5H2,1-2H3. The Bertz CT molecular complexity index is 367. The topological polar surface area (TPSA) is 70.4 Å². The highest BCUT2D eigenvalue weighted by molar-refractivity contribution is 4.83. The second-order valence-electron chi connectivity index (χ2n) is 9.59. The van der Waals surface area contributed by atoms with Crippen LogP contribution in [0.15, 0.2) is 0 Å². The number of piperidine rings is 2. The Labute approximate surface area is 160 Å². The molecule has 0 aromatic heterocycles. The summed E-state index contributed by atoms with van der Waals surface area (Å²) >= 11 is 0. The first-order chi connectivity index (χ1) is 11.8. The highest BCUT2D eigenvalue weighted by Crippen LogP contribution is 2.20. The first-order valence-corrected chi connectivity index (χ1v) is 10.0. The molecule has 0 bridgehead atoms. The quantitative estimate of drug-likeness (QED) is 0.588. The van der Waals surface area contributed by atoms with Gasteiger partial charge in [-0.15, -0.1) is 0 Å². The summed E-state index contributed by atoms with van der Waals surface area (Å²) in [5.41, 5.74) is -1.17. The van der Waals surface area contributed by atoms with Crippen molar-refractivity contribution in [2.45, 2.75) is 69.7 Å². The van der Waals surface area contributed by atoms with Crippen molar-refractivity contribution in [2.75, 3.05) is 60.4 Å². The fraction of sp³-hybridized carbons (Fsp3) is 1.00. The number of nitrogens with zero attached hydrogens (tertiary/aromatic N) is 3. The van der Waals surface area contributed by atoms with E-state index in [2.05, 4.69) is 28.8 Å². The average Bonchev–Trinajstić information content (AvgIpc) is 2.84. The maximum Gasteiger partial charge on any atom is 0.0758 e. The Balaban J connectivity index is 0.000000195. The third kappa shape index (κ3) is 10.2. The Kier molecular flexibility index (Phi) is 8.97. The molecule has 3 heterocycles. The van der Waals surface area contributed by atoms with Gasteiger partial charge in [-0.3, -0.25) is 0 Å². The monoisotopic (exact) mass is 373 g/mol. The SMILES string of the molecule is CN1CCC(C)(O)C1.CN1CCC(C)(O)CC1.CN1CCC(C)(O)CC1. The molecule has 0 aromatic carbocycles. The highest BCUT2D eigenvalue weighted by Gasteiger charge is 2.28. The predicted molar refractivity (Wildman–Crippen MR) is 107 cm³/mol. The zero-order chi connectivity index (χ0) is 20.0. The fourth-order valence-corrected chi connectivity index (χ4v) is 3.37. The summed E-state index contributed by atoms with van der Waals surface area (Å²) in [5, 5.41) is 28.3. The van der Waals surface area contributed by atoms with Gasteiger partial charge in [0.1, 0.15) is 0 Å². The van der Waals surface area contributed by atoms with Gasteiger partial charge in [-0.05, 0) is 74.0 Å². The summed E-state index contributed by atoms with van der Waals surface area (Å²) in [5.74, 6) is 0. The van der Waals surface area contributed by atoms with Crippen LogP contribution in [0.5, 0.6) is 0 Å². The highest BCUT2D eigenvalue weighted by atomic mass is 16.3. The third-order valence-electron chi connectivity index (χ3n) is 5.77. The molecular weight excluding hydrogens is 330 g/mol. The molecule has 3 N–H and O–H groups in total. The van der Waals surface area contributed by atoms with Gasteiger partial charge < -0.3 is 30.0 Å². The van der Waals surface area contributed by atoms with Crippen LogP contribution in [0.1, 0.15) is 52.9 Å². The molecule has 0 amide bonds. The molecule has 3 aliphatic rings. The molecule has 0 radical (unpaired) electrons. The molecule has 6 heteroatoms. The third-order valence-corrected chi connectivity index (χ3v) is 5.77. The molecule has 1 unspecified atom stereocenters. The number of β-amino-alcohol motifs (C(OH)–C–C–N with tert-alkyl or cyclic N) is 1. The van der Waals surface area contributed by atoms with E-state index in [4.69, 9.17) is 0 Å². The zero-order valence-electron chi connectivity index (χ0n) is 18.0. The van der Waals surface area contributed by atoms with Gasteiger partial charge in [0.2, 0.25) is 0 Å². The summed E-state index contributed by atoms with van der Waals surface area (Å²) < 4.78 is 0. The van der Waals surface area contributed by atoms with Crippen molar-refractivity contribution >= 4 is 0 Å². The molecule has 0 saturated carbocycles. The number of hydrogen-bond donors (Lipinski definition) is 3. The average molecular weight is 374 g/mol.